The highest BCUT2D eigenvalue weighted by Crippen LogP contribution is 2.32. The highest BCUT2D eigenvalue weighted by atomic mass is 15.3. The molecule has 0 saturated heterocycles. The van der Waals surface area contributed by atoms with Gasteiger partial charge in [0.25, 0.3) is 0 Å². The van der Waals surface area contributed by atoms with E-state index in [-0.39, 0.29) is 0 Å². The maximum Gasteiger partial charge on any atom is 0.0830 e. The van der Waals surface area contributed by atoms with E-state index in [0.29, 0.717) is 5.92 Å². The van der Waals surface area contributed by atoms with Gasteiger partial charge >= 0.3 is 0 Å². The molecule has 0 aliphatic heterocycles. The molecule has 2 rings (SSSR count). The van der Waals surface area contributed by atoms with Crippen LogP contribution in [-0.2, 0) is 6.42 Å². The van der Waals surface area contributed by atoms with Gasteiger partial charge in [-0.15, -0.1) is 0 Å². The van der Waals surface area contributed by atoms with Gasteiger partial charge in [0.05, 0.1) is 11.9 Å². The minimum atomic E-state index is 0.517. The number of nitrogens with one attached hydrogen (secondary N) is 1. The van der Waals surface area contributed by atoms with E-state index in [9.17, 15) is 0 Å². The second-order valence-corrected chi connectivity index (χ2v) is 5.44. The molecular weight excluding hydrogens is 234 g/mol. The zero-order valence-electron chi connectivity index (χ0n) is 12.5. The molecule has 0 fully saturated rings. The molecule has 1 aromatic carbocycles. The predicted octanol–water partition coefficient (Wildman–Crippen LogP) is 3.77. The van der Waals surface area contributed by atoms with Crippen molar-refractivity contribution >= 4 is 0 Å². The Bertz CT molecular complexity index is 530. The Morgan fingerprint density at radius 2 is 1.74 bits per heavy atom. The molecule has 0 radical (unpaired) electrons. The summed E-state index contributed by atoms with van der Waals surface area (Å²) < 4.78 is 0. The lowest BCUT2D eigenvalue weighted by Crippen LogP contribution is -2.09. The van der Waals surface area contributed by atoms with E-state index in [1.807, 2.05) is 6.20 Å². The lowest BCUT2D eigenvalue weighted by Gasteiger charge is -2.22. The second kappa shape index (κ2) is 5.55. The van der Waals surface area contributed by atoms with Crippen LogP contribution in [0.15, 0.2) is 12.3 Å². The van der Waals surface area contributed by atoms with Crippen molar-refractivity contribution in [2.24, 2.45) is 0 Å². The van der Waals surface area contributed by atoms with E-state index in [2.05, 4.69) is 56.1 Å². The third-order valence-electron chi connectivity index (χ3n) is 4.25. The van der Waals surface area contributed by atoms with Crippen molar-refractivity contribution in [3.63, 3.8) is 0 Å². The van der Waals surface area contributed by atoms with Crippen LogP contribution in [0.4, 0.5) is 0 Å². The Morgan fingerprint density at radius 1 is 1.11 bits per heavy atom. The summed E-state index contributed by atoms with van der Waals surface area (Å²) in [5.41, 5.74) is 8.18. The van der Waals surface area contributed by atoms with Gasteiger partial charge in [-0.3, -0.25) is 0 Å². The summed E-state index contributed by atoms with van der Waals surface area (Å²) in [6, 6.07) is 2.29. The molecule has 0 saturated carbocycles. The van der Waals surface area contributed by atoms with Crippen LogP contribution in [0.25, 0.3) is 0 Å². The van der Waals surface area contributed by atoms with Crippen LogP contribution >= 0.6 is 0 Å². The fourth-order valence-electron chi connectivity index (χ4n) is 2.89. The number of hydrogen-bond acceptors (Lipinski definition) is 2. The van der Waals surface area contributed by atoms with Gasteiger partial charge in [-0.1, -0.05) is 13.0 Å². The van der Waals surface area contributed by atoms with Crippen LogP contribution in [0.5, 0.6) is 0 Å². The van der Waals surface area contributed by atoms with Crippen LogP contribution in [0.2, 0.25) is 0 Å². The van der Waals surface area contributed by atoms with E-state index < -0.39 is 0 Å². The molecule has 1 aromatic heterocycles. The number of aryl methyl sites for hydroxylation is 2. The maximum absolute atomic E-state index is 4.20. The average molecular weight is 257 g/mol. The summed E-state index contributed by atoms with van der Waals surface area (Å²) >= 11 is 0. The fraction of sp³-hybridized carbons (Fsp3) is 0.500. The van der Waals surface area contributed by atoms with Gasteiger partial charge < -0.3 is 0 Å². The van der Waals surface area contributed by atoms with E-state index in [1.165, 1.54) is 27.8 Å². The summed E-state index contributed by atoms with van der Waals surface area (Å²) in [4.78, 5) is 0. The quantitative estimate of drug-likeness (QED) is 0.905. The molecule has 0 aliphatic rings. The number of rotatable bonds is 4. The van der Waals surface area contributed by atoms with Crippen LogP contribution in [-0.4, -0.2) is 15.4 Å². The number of hydrogen-bond donors (Lipinski definition) is 1. The standard InChI is InChI=1S/C16H23N3/c1-6-14(8-15-9-17-19-18-15)16-12(4)10(2)7-11(3)13(16)5/h7,9,14H,6,8H2,1-5H3,(H,17,18,19). The average Bonchev–Trinajstić information content (AvgIpc) is 2.88. The molecule has 0 aliphatic carbocycles. The third kappa shape index (κ3) is 2.70. The summed E-state index contributed by atoms with van der Waals surface area (Å²) in [5.74, 6) is 0.517. The summed E-state index contributed by atoms with van der Waals surface area (Å²) in [7, 11) is 0. The van der Waals surface area contributed by atoms with Crippen LogP contribution in [0.3, 0.4) is 0 Å². The lowest BCUT2D eigenvalue weighted by molar-refractivity contribution is 0.639. The molecule has 0 amide bonds. The summed E-state index contributed by atoms with van der Waals surface area (Å²) in [6.07, 6.45) is 3.91. The normalized spacial score (nSPS) is 12.7. The SMILES string of the molecule is CCC(Cc1cn[nH]n1)c1c(C)c(C)cc(C)c1C. The smallest absolute Gasteiger partial charge is 0.0830 e. The molecule has 1 N–H and O–H groups in total. The Balaban J connectivity index is 2.43. The van der Waals surface area contributed by atoms with Crippen molar-refractivity contribution in [2.45, 2.75) is 53.4 Å². The fourth-order valence-corrected chi connectivity index (χ4v) is 2.89. The van der Waals surface area contributed by atoms with Crippen molar-refractivity contribution < 1.29 is 0 Å². The number of aromatic nitrogens is 3. The third-order valence-corrected chi connectivity index (χ3v) is 4.25. The first-order valence-electron chi connectivity index (χ1n) is 6.96. The van der Waals surface area contributed by atoms with E-state index in [1.54, 1.807) is 0 Å². The minimum Gasteiger partial charge on any atom is -0.198 e. The monoisotopic (exact) mass is 257 g/mol. The van der Waals surface area contributed by atoms with Gasteiger partial charge in [0, 0.05) is 0 Å². The van der Waals surface area contributed by atoms with Gasteiger partial charge in [0.2, 0.25) is 0 Å². The Kier molecular flexibility index (Phi) is 4.03. The topological polar surface area (TPSA) is 41.6 Å². The van der Waals surface area contributed by atoms with Crippen LogP contribution in [0, 0.1) is 27.7 Å². The highest BCUT2D eigenvalue weighted by molar-refractivity contribution is 5.46. The van der Waals surface area contributed by atoms with Gasteiger partial charge in [-0.25, -0.2) is 0 Å². The Hall–Kier alpha value is -1.64. The molecule has 3 heteroatoms. The van der Waals surface area contributed by atoms with Crippen LogP contribution in [0.1, 0.15) is 52.8 Å². The lowest BCUT2D eigenvalue weighted by atomic mass is 9.82. The highest BCUT2D eigenvalue weighted by Gasteiger charge is 2.18. The van der Waals surface area contributed by atoms with Crippen molar-refractivity contribution in [2.75, 3.05) is 0 Å². The number of benzene rings is 1. The molecule has 2 aromatic rings. The molecular formula is C16H23N3. The van der Waals surface area contributed by atoms with Gasteiger partial charge in [-0.05, 0) is 74.3 Å². The van der Waals surface area contributed by atoms with Crippen molar-refractivity contribution in [1.82, 2.24) is 15.4 Å². The van der Waals surface area contributed by atoms with Crippen molar-refractivity contribution in [3.05, 3.63) is 45.8 Å². The molecule has 0 spiro atoms. The largest absolute Gasteiger partial charge is 0.198 e. The summed E-state index contributed by atoms with van der Waals surface area (Å²) in [5, 5.41) is 10.8. The van der Waals surface area contributed by atoms with Gasteiger partial charge in [-0.2, -0.15) is 15.4 Å². The van der Waals surface area contributed by atoms with E-state index in [0.717, 1.165) is 18.5 Å². The molecule has 3 nitrogen and oxygen atoms in total. The van der Waals surface area contributed by atoms with Gasteiger partial charge in [0.15, 0.2) is 0 Å². The first-order chi connectivity index (χ1) is 9.04. The van der Waals surface area contributed by atoms with Gasteiger partial charge in [0.1, 0.15) is 0 Å². The summed E-state index contributed by atoms with van der Waals surface area (Å²) in [6.45, 7) is 11.1. The molecule has 1 heterocycles. The number of nitrogens with zero attached hydrogens (tertiary/aromatic N) is 2. The number of H-pyrrole nitrogens is 1. The zero-order valence-corrected chi connectivity index (χ0v) is 12.5. The first kappa shape index (κ1) is 13.8. The number of aromatic amines is 1. The molecule has 0 bridgehead atoms. The second-order valence-electron chi connectivity index (χ2n) is 5.44. The Labute approximate surface area is 115 Å². The van der Waals surface area contributed by atoms with Crippen molar-refractivity contribution in [1.29, 1.82) is 0 Å². The molecule has 102 valence electrons. The van der Waals surface area contributed by atoms with Crippen LogP contribution < -0.4 is 0 Å². The van der Waals surface area contributed by atoms with Crippen molar-refractivity contribution in [3.8, 4) is 0 Å². The minimum absolute atomic E-state index is 0.517. The molecule has 1 unspecified atom stereocenters. The maximum atomic E-state index is 4.20. The molecule has 1 atom stereocenters. The zero-order chi connectivity index (χ0) is 14.0. The molecule has 19 heavy (non-hydrogen) atoms. The van der Waals surface area contributed by atoms with E-state index in [4.69, 9.17) is 0 Å². The first-order valence-corrected chi connectivity index (χ1v) is 6.96. The Morgan fingerprint density at radius 3 is 2.21 bits per heavy atom. The predicted molar refractivity (Wildman–Crippen MR) is 78.5 cm³/mol. The van der Waals surface area contributed by atoms with E-state index >= 15 is 0 Å².